The van der Waals surface area contributed by atoms with Crippen LogP contribution < -0.4 is 21.5 Å². The Morgan fingerprint density at radius 1 is 1.00 bits per heavy atom. The SMILES string of the molecule is O=C(CCCNC(=O)NC1CCCCC1)NNC(=O)c1ccc(Cl)cc1. The summed E-state index contributed by atoms with van der Waals surface area (Å²) in [5, 5.41) is 6.24. The van der Waals surface area contributed by atoms with Crippen molar-refractivity contribution in [3.63, 3.8) is 0 Å². The van der Waals surface area contributed by atoms with E-state index >= 15 is 0 Å². The minimum Gasteiger partial charge on any atom is -0.338 e. The number of hydrogen-bond donors (Lipinski definition) is 4. The number of benzene rings is 1. The lowest BCUT2D eigenvalue weighted by molar-refractivity contribution is -0.121. The van der Waals surface area contributed by atoms with Crippen molar-refractivity contribution in [2.45, 2.75) is 51.0 Å². The Morgan fingerprint density at radius 3 is 2.38 bits per heavy atom. The summed E-state index contributed by atoms with van der Waals surface area (Å²) in [4.78, 5) is 35.3. The van der Waals surface area contributed by atoms with Gasteiger partial charge in [-0.15, -0.1) is 0 Å². The molecule has 0 saturated heterocycles. The Hall–Kier alpha value is -2.28. The first-order valence-electron chi connectivity index (χ1n) is 8.94. The normalized spacial score (nSPS) is 14.3. The molecule has 1 aromatic rings. The summed E-state index contributed by atoms with van der Waals surface area (Å²) in [6.07, 6.45) is 6.31. The number of carbonyl (C=O) groups is 3. The molecule has 4 amide bonds. The van der Waals surface area contributed by atoms with Gasteiger partial charge >= 0.3 is 6.03 Å². The van der Waals surface area contributed by atoms with Crippen molar-refractivity contribution in [1.82, 2.24) is 21.5 Å². The molecule has 1 fully saturated rings. The Morgan fingerprint density at radius 2 is 1.69 bits per heavy atom. The zero-order valence-electron chi connectivity index (χ0n) is 14.6. The van der Waals surface area contributed by atoms with Gasteiger partial charge in [-0.1, -0.05) is 30.9 Å². The van der Waals surface area contributed by atoms with Crippen LogP contribution in [0.3, 0.4) is 0 Å². The van der Waals surface area contributed by atoms with Crippen molar-refractivity contribution in [3.8, 4) is 0 Å². The summed E-state index contributed by atoms with van der Waals surface area (Å²) >= 11 is 5.76. The summed E-state index contributed by atoms with van der Waals surface area (Å²) in [5.41, 5.74) is 5.09. The van der Waals surface area contributed by atoms with Crippen LogP contribution in [0.15, 0.2) is 24.3 Å². The highest BCUT2D eigenvalue weighted by molar-refractivity contribution is 6.30. The quantitative estimate of drug-likeness (QED) is 0.450. The monoisotopic (exact) mass is 380 g/mol. The van der Waals surface area contributed by atoms with E-state index in [0.29, 0.717) is 23.6 Å². The molecule has 1 aromatic carbocycles. The molecule has 8 heteroatoms. The van der Waals surface area contributed by atoms with E-state index in [1.165, 1.54) is 6.42 Å². The molecule has 142 valence electrons. The van der Waals surface area contributed by atoms with Crippen molar-refractivity contribution < 1.29 is 14.4 Å². The van der Waals surface area contributed by atoms with Gasteiger partial charge in [0.2, 0.25) is 5.91 Å². The summed E-state index contributed by atoms with van der Waals surface area (Å²) in [6.45, 7) is 0.400. The summed E-state index contributed by atoms with van der Waals surface area (Å²) in [5.74, 6) is -0.734. The highest BCUT2D eigenvalue weighted by Gasteiger charge is 2.15. The molecule has 26 heavy (non-hydrogen) atoms. The Kier molecular flexibility index (Phi) is 8.21. The average Bonchev–Trinajstić information content (AvgIpc) is 2.64. The third-order valence-electron chi connectivity index (χ3n) is 4.23. The number of amides is 4. The van der Waals surface area contributed by atoms with Gasteiger partial charge in [0.25, 0.3) is 5.91 Å². The Labute approximate surface area is 158 Å². The molecular formula is C18H25ClN4O3. The van der Waals surface area contributed by atoms with E-state index in [1.807, 2.05) is 0 Å². The fourth-order valence-electron chi connectivity index (χ4n) is 2.80. The van der Waals surface area contributed by atoms with Crippen LogP contribution in [-0.4, -0.2) is 30.4 Å². The van der Waals surface area contributed by atoms with Gasteiger partial charge in [0.1, 0.15) is 0 Å². The third-order valence-corrected chi connectivity index (χ3v) is 4.48. The number of carbonyl (C=O) groups excluding carboxylic acids is 3. The van der Waals surface area contributed by atoms with E-state index in [0.717, 1.165) is 25.7 Å². The topological polar surface area (TPSA) is 99.3 Å². The van der Waals surface area contributed by atoms with Crippen LogP contribution in [0.1, 0.15) is 55.3 Å². The van der Waals surface area contributed by atoms with Crippen LogP contribution in [-0.2, 0) is 4.79 Å². The van der Waals surface area contributed by atoms with Gasteiger partial charge in [-0.05, 0) is 43.5 Å². The number of hydrogen-bond acceptors (Lipinski definition) is 3. The van der Waals surface area contributed by atoms with E-state index in [1.54, 1.807) is 24.3 Å². The number of halogens is 1. The summed E-state index contributed by atoms with van der Waals surface area (Å²) in [7, 11) is 0. The standard InChI is InChI=1S/C18H25ClN4O3/c19-14-10-8-13(9-11-14)17(25)23-22-16(24)7-4-12-20-18(26)21-15-5-2-1-3-6-15/h8-11,15H,1-7,12H2,(H,22,24)(H,23,25)(H2,20,21,26). The van der Waals surface area contributed by atoms with Crippen molar-refractivity contribution in [2.75, 3.05) is 6.54 Å². The second kappa shape index (κ2) is 10.7. The van der Waals surface area contributed by atoms with Gasteiger partial charge in [-0.3, -0.25) is 20.4 Å². The zero-order chi connectivity index (χ0) is 18.8. The molecule has 0 aliphatic heterocycles. The average molecular weight is 381 g/mol. The number of nitrogens with one attached hydrogen (secondary N) is 4. The molecule has 0 radical (unpaired) electrons. The molecule has 2 rings (SSSR count). The molecule has 7 nitrogen and oxygen atoms in total. The predicted molar refractivity (Wildman–Crippen MR) is 99.7 cm³/mol. The Balaban J connectivity index is 1.55. The van der Waals surface area contributed by atoms with Crippen molar-refractivity contribution in [1.29, 1.82) is 0 Å². The molecule has 1 saturated carbocycles. The lowest BCUT2D eigenvalue weighted by Gasteiger charge is -2.22. The van der Waals surface area contributed by atoms with Crippen molar-refractivity contribution in [2.24, 2.45) is 0 Å². The lowest BCUT2D eigenvalue weighted by Crippen LogP contribution is -2.44. The summed E-state index contributed by atoms with van der Waals surface area (Å²) < 4.78 is 0. The molecule has 0 heterocycles. The van der Waals surface area contributed by atoms with Crippen molar-refractivity contribution in [3.05, 3.63) is 34.9 Å². The number of urea groups is 1. The van der Waals surface area contributed by atoms with Crippen LogP contribution in [0.25, 0.3) is 0 Å². The molecule has 0 atom stereocenters. The molecule has 0 aromatic heterocycles. The first-order valence-corrected chi connectivity index (χ1v) is 9.31. The van der Waals surface area contributed by atoms with Crippen LogP contribution in [0.4, 0.5) is 4.79 Å². The number of hydrazine groups is 1. The van der Waals surface area contributed by atoms with Gasteiger partial charge in [0.15, 0.2) is 0 Å². The highest BCUT2D eigenvalue weighted by Crippen LogP contribution is 2.17. The van der Waals surface area contributed by atoms with E-state index < -0.39 is 5.91 Å². The maximum absolute atomic E-state index is 11.8. The largest absolute Gasteiger partial charge is 0.338 e. The van der Waals surface area contributed by atoms with Gasteiger partial charge in [-0.2, -0.15) is 0 Å². The van der Waals surface area contributed by atoms with Crippen LogP contribution in [0.5, 0.6) is 0 Å². The highest BCUT2D eigenvalue weighted by atomic mass is 35.5. The maximum atomic E-state index is 11.8. The van der Waals surface area contributed by atoms with Gasteiger partial charge in [-0.25, -0.2) is 4.79 Å². The first-order chi connectivity index (χ1) is 12.5. The second-order valence-corrected chi connectivity index (χ2v) is 6.78. The first kappa shape index (κ1) is 20.0. The molecule has 1 aliphatic carbocycles. The van der Waals surface area contributed by atoms with Crippen LogP contribution in [0, 0.1) is 0 Å². The fourth-order valence-corrected chi connectivity index (χ4v) is 2.92. The van der Waals surface area contributed by atoms with Crippen molar-refractivity contribution >= 4 is 29.4 Å². The predicted octanol–water partition coefficient (Wildman–Crippen LogP) is 2.51. The minimum absolute atomic E-state index is 0.187. The van der Waals surface area contributed by atoms with Gasteiger partial charge < -0.3 is 10.6 Å². The smallest absolute Gasteiger partial charge is 0.315 e. The third kappa shape index (κ3) is 7.31. The fraction of sp³-hybridized carbons (Fsp3) is 0.500. The van der Waals surface area contributed by atoms with Crippen LogP contribution in [0.2, 0.25) is 5.02 Å². The molecule has 0 bridgehead atoms. The van der Waals surface area contributed by atoms with Gasteiger partial charge in [0, 0.05) is 29.6 Å². The zero-order valence-corrected chi connectivity index (χ0v) is 15.4. The summed E-state index contributed by atoms with van der Waals surface area (Å²) in [6, 6.07) is 6.41. The molecule has 0 unspecified atom stereocenters. The van der Waals surface area contributed by atoms with E-state index in [4.69, 9.17) is 11.6 Å². The Bertz CT molecular complexity index is 615. The van der Waals surface area contributed by atoms with E-state index in [-0.39, 0.29) is 24.4 Å². The molecule has 0 spiro atoms. The maximum Gasteiger partial charge on any atom is 0.315 e. The minimum atomic E-state index is -0.417. The molecule has 1 aliphatic rings. The van der Waals surface area contributed by atoms with Gasteiger partial charge in [0.05, 0.1) is 0 Å². The molecular weight excluding hydrogens is 356 g/mol. The number of rotatable bonds is 6. The van der Waals surface area contributed by atoms with Crippen LogP contribution >= 0.6 is 11.6 Å². The van der Waals surface area contributed by atoms with E-state index in [9.17, 15) is 14.4 Å². The lowest BCUT2D eigenvalue weighted by atomic mass is 9.96. The second-order valence-electron chi connectivity index (χ2n) is 6.35. The molecule has 4 N–H and O–H groups in total. The van der Waals surface area contributed by atoms with E-state index in [2.05, 4.69) is 21.5 Å².